The van der Waals surface area contributed by atoms with Gasteiger partial charge < -0.3 is 0 Å². The summed E-state index contributed by atoms with van der Waals surface area (Å²) in [7, 11) is 0. The van der Waals surface area contributed by atoms with Crippen LogP contribution >= 0.6 is 47.2 Å². The summed E-state index contributed by atoms with van der Waals surface area (Å²) in [6.45, 7) is 1.95. The molecule has 2 aromatic rings. The molecule has 0 N–H and O–H groups in total. The molecule has 1 aliphatic rings. The molecule has 0 atom stereocenters. The Bertz CT molecular complexity index is 828. The lowest BCUT2D eigenvalue weighted by atomic mass is 10.1. The Labute approximate surface area is 154 Å². The van der Waals surface area contributed by atoms with Crippen molar-refractivity contribution in [2.24, 2.45) is 0 Å². The molecular weight excluding hydrogens is 369 g/mol. The van der Waals surface area contributed by atoms with Gasteiger partial charge in [-0.15, -0.1) is 0 Å². The van der Waals surface area contributed by atoms with E-state index in [1.807, 2.05) is 31.2 Å². The first-order valence-corrected chi connectivity index (χ1v) is 8.74. The number of amides is 1. The van der Waals surface area contributed by atoms with Gasteiger partial charge >= 0.3 is 0 Å². The van der Waals surface area contributed by atoms with Gasteiger partial charge in [-0.3, -0.25) is 9.69 Å². The zero-order valence-corrected chi connectivity index (χ0v) is 15.2. The van der Waals surface area contributed by atoms with Crippen molar-refractivity contribution in [1.29, 1.82) is 0 Å². The molecule has 116 valence electrons. The highest BCUT2D eigenvalue weighted by Crippen LogP contribution is 2.38. The van der Waals surface area contributed by atoms with Crippen LogP contribution in [-0.2, 0) is 4.79 Å². The molecule has 1 fully saturated rings. The van der Waals surface area contributed by atoms with E-state index in [1.54, 1.807) is 29.2 Å². The highest BCUT2D eigenvalue weighted by molar-refractivity contribution is 8.27. The van der Waals surface area contributed by atoms with Crippen LogP contribution < -0.4 is 4.90 Å². The molecule has 1 saturated heterocycles. The summed E-state index contributed by atoms with van der Waals surface area (Å²) in [6.07, 6.45) is 1.70. The molecule has 0 unspecified atom stereocenters. The van der Waals surface area contributed by atoms with Gasteiger partial charge in [-0.25, -0.2) is 0 Å². The van der Waals surface area contributed by atoms with Crippen molar-refractivity contribution in [2.75, 3.05) is 4.90 Å². The molecule has 1 heterocycles. The molecule has 3 rings (SSSR count). The standard InChI is InChI=1S/C17H11Cl2NOS2/c1-10-5-2-3-8-14(10)20-16(21)15(23-17(20)22)9-11-12(18)6-4-7-13(11)19/h2-9H,1H3/b15-9-. The maximum Gasteiger partial charge on any atom is 0.270 e. The third-order valence-electron chi connectivity index (χ3n) is 3.43. The van der Waals surface area contributed by atoms with Crippen molar-refractivity contribution < 1.29 is 4.79 Å². The van der Waals surface area contributed by atoms with E-state index in [2.05, 4.69) is 0 Å². The van der Waals surface area contributed by atoms with Crippen molar-refractivity contribution in [3.05, 3.63) is 68.5 Å². The van der Waals surface area contributed by atoms with E-state index in [0.717, 1.165) is 11.3 Å². The molecule has 1 aliphatic heterocycles. The third kappa shape index (κ3) is 3.17. The predicted octanol–water partition coefficient (Wildman–Crippen LogP) is 5.71. The molecule has 0 radical (unpaired) electrons. The van der Waals surface area contributed by atoms with Gasteiger partial charge in [-0.1, -0.05) is 71.4 Å². The molecule has 6 heteroatoms. The van der Waals surface area contributed by atoms with Crippen LogP contribution in [0.3, 0.4) is 0 Å². The number of thioether (sulfide) groups is 1. The van der Waals surface area contributed by atoms with Gasteiger partial charge in [0, 0.05) is 15.6 Å². The zero-order chi connectivity index (χ0) is 16.6. The first-order chi connectivity index (χ1) is 11.0. The number of hydrogen-bond donors (Lipinski definition) is 0. The van der Waals surface area contributed by atoms with Crippen LogP contribution in [0.1, 0.15) is 11.1 Å². The predicted molar refractivity (Wildman–Crippen MR) is 103 cm³/mol. The van der Waals surface area contributed by atoms with E-state index in [-0.39, 0.29) is 5.91 Å². The molecular formula is C17H11Cl2NOS2. The second-order valence-electron chi connectivity index (χ2n) is 4.94. The fraction of sp³-hybridized carbons (Fsp3) is 0.0588. The lowest BCUT2D eigenvalue weighted by Crippen LogP contribution is -2.28. The van der Waals surface area contributed by atoms with Gasteiger partial charge in [-0.2, -0.15) is 0 Å². The Hall–Kier alpha value is -1.33. The van der Waals surface area contributed by atoms with Gasteiger partial charge in [0.25, 0.3) is 5.91 Å². The van der Waals surface area contributed by atoms with Gasteiger partial charge in [0.15, 0.2) is 4.32 Å². The largest absolute Gasteiger partial charge is 0.270 e. The molecule has 1 amide bonds. The van der Waals surface area contributed by atoms with Crippen LogP contribution in [0.4, 0.5) is 5.69 Å². The number of para-hydroxylation sites is 1. The van der Waals surface area contributed by atoms with Crippen LogP contribution in [0.2, 0.25) is 10.0 Å². The summed E-state index contributed by atoms with van der Waals surface area (Å²) in [5, 5.41) is 0.998. The molecule has 0 aromatic heterocycles. The Kier molecular flexibility index (Phi) is 4.78. The number of benzene rings is 2. The van der Waals surface area contributed by atoms with E-state index in [9.17, 15) is 4.79 Å². The first-order valence-electron chi connectivity index (χ1n) is 6.76. The summed E-state index contributed by atoms with van der Waals surface area (Å²) in [6, 6.07) is 12.9. The van der Waals surface area contributed by atoms with Crippen molar-refractivity contribution in [2.45, 2.75) is 6.92 Å². The number of aryl methyl sites for hydroxylation is 1. The molecule has 0 aliphatic carbocycles. The molecule has 0 spiro atoms. The molecule has 0 saturated carbocycles. The van der Waals surface area contributed by atoms with Crippen LogP contribution in [-0.4, -0.2) is 10.2 Å². The second-order valence-corrected chi connectivity index (χ2v) is 7.43. The van der Waals surface area contributed by atoms with Gasteiger partial charge in [-0.05, 0) is 36.8 Å². The van der Waals surface area contributed by atoms with E-state index < -0.39 is 0 Å². The second kappa shape index (κ2) is 6.65. The van der Waals surface area contributed by atoms with Crippen molar-refractivity contribution in [3.63, 3.8) is 0 Å². The fourth-order valence-corrected chi connectivity index (χ4v) is 4.04. The lowest BCUT2D eigenvalue weighted by Gasteiger charge is -2.16. The topological polar surface area (TPSA) is 20.3 Å². The zero-order valence-electron chi connectivity index (χ0n) is 12.0. The number of thiocarbonyl (C=S) groups is 1. The third-order valence-corrected chi connectivity index (χ3v) is 5.39. The first kappa shape index (κ1) is 16.5. The normalized spacial score (nSPS) is 16.5. The molecule has 0 bridgehead atoms. The maximum absolute atomic E-state index is 12.8. The number of anilines is 1. The average Bonchev–Trinajstić information content (AvgIpc) is 2.78. The van der Waals surface area contributed by atoms with E-state index in [1.165, 1.54) is 11.8 Å². The van der Waals surface area contributed by atoms with Crippen molar-refractivity contribution in [1.82, 2.24) is 0 Å². The number of carbonyl (C=O) groups excluding carboxylic acids is 1. The number of nitrogens with zero attached hydrogens (tertiary/aromatic N) is 1. The minimum Gasteiger partial charge on any atom is -0.268 e. The van der Waals surface area contributed by atoms with Crippen molar-refractivity contribution >= 4 is 69.2 Å². The van der Waals surface area contributed by atoms with Crippen LogP contribution in [0, 0.1) is 6.92 Å². The van der Waals surface area contributed by atoms with Crippen LogP contribution in [0.15, 0.2) is 47.4 Å². The van der Waals surface area contributed by atoms with Crippen LogP contribution in [0.5, 0.6) is 0 Å². The van der Waals surface area contributed by atoms with Gasteiger partial charge in [0.2, 0.25) is 0 Å². The highest BCUT2D eigenvalue weighted by Gasteiger charge is 2.34. The monoisotopic (exact) mass is 379 g/mol. The summed E-state index contributed by atoms with van der Waals surface area (Å²) in [4.78, 5) is 14.8. The maximum atomic E-state index is 12.8. The lowest BCUT2D eigenvalue weighted by molar-refractivity contribution is -0.113. The van der Waals surface area contributed by atoms with Crippen LogP contribution in [0.25, 0.3) is 6.08 Å². The summed E-state index contributed by atoms with van der Waals surface area (Å²) in [5.74, 6) is -0.162. The van der Waals surface area contributed by atoms with E-state index in [0.29, 0.717) is 24.8 Å². The van der Waals surface area contributed by atoms with E-state index in [4.69, 9.17) is 35.4 Å². The SMILES string of the molecule is Cc1ccccc1N1C(=O)/C(=C/c2c(Cl)cccc2Cl)SC1=S. The Balaban J connectivity index is 2.02. The van der Waals surface area contributed by atoms with Gasteiger partial charge in [0.05, 0.1) is 10.6 Å². The average molecular weight is 380 g/mol. The van der Waals surface area contributed by atoms with Gasteiger partial charge in [0.1, 0.15) is 0 Å². The number of carbonyl (C=O) groups is 1. The number of hydrogen-bond acceptors (Lipinski definition) is 3. The minimum absolute atomic E-state index is 0.162. The minimum atomic E-state index is -0.162. The van der Waals surface area contributed by atoms with Crippen molar-refractivity contribution in [3.8, 4) is 0 Å². The Morgan fingerprint density at radius 3 is 2.39 bits per heavy atom. The smallest absolute Gasteiger partial charge is 0.268 e. The molecule has 2 aromatic carbocycles. The number of rotatable bonds is 2. The number of halogens is 2. The quantitative estimate of drug-likeness (QED) is 0.492. The Morgan fingerprint density at radius 2 is 1.74 bits per heavy atom. The van der Waals surface area contributed by atoms with E-state index >= 15 is 0 Å². The molecule has 23 heavy (non-hydrogen) atoms. The molecule has 2 nitrogen and oxygen atoms in total. The fourth-order valence-electron chi connectivity index (χ4n) is 2.27. The summed E-state index contributed by atoms with van der Waals surface area (Å²) < 4.78 is 0.499. The summed E-state index contributed by atoms with van der Waals surface area (Å²) >= 11 is 19.0. The highest BCUT2D eigenvalue weighted by atomic mass is 35.5. The Morgan fingerprint density at radius 1 is 1.09 bits per heavy atom. The summed E-state index contributed by atoms with van der Waals surface area (Å²) in [5.41, 5.74) is 2.41.